The molecule has 1 heterocycles. The minimum Gasteiger partial charge on any atom is -0.207 e. The van der Waals surface area contributed by atoms with E-state index in [-0.39, 0.29) is 10.1 Å². The van der Waals surface area contributed by atoms with Crippen LogP contribution in [0.4, 0.5) is 0 Å². The van der Waals surface area contributed by atoms with Crippen LogP contribution in [-0.2, 0) is 10.0 Å². The average molecular weight is 413 g/mol. The van der Waals surface area contributed by atoms with E-state index >= 15 is 0 Å². The van der Waals surface area contributed by atoms with Gasteiger partial charge in [0, 0.05) is 0 Å². The quantitative estimate of drug-likeness (QED) is 0.332. The van der Waals surface area contributed by atoms with E-state index < -0.39 is 10.0 Å². The molecule has 0 bridgehead atoms. The van der Waals surface area contributed by atoms with Crippen molar-refractivity contribution in [1.29, 1.82) is 0 Å². The maximum atomic E-state index is 12.7. The maximum Gasteiger partial charge on any atom is 0.244 e. The van der Waals surface area contributed by atoms with Crippen molar-refractivity contribution >= 4 is 32.6 Å². The Morgan fingerprint density at radius 3 is 2.24 bits per heavy atom. The summed E-state index contributed by atoms with van der Waals surface area (Å²) in [7, 11) is -3.42. The van der Waals surface area contributed by atoms with Crippen molar-refractivity contribution in [2.24, 2.45) is 0 Å². The van der Waals surface area contributed by atoms with Gasteiger partial charge < -0.3 is 0 Å². The Balaban J connectivity index is 1.95. The van der Waals surface area contributed by atoms with Gasteiger partial charge in [-0.05, 0) is 37.1 Å². The largest absolute Gasteiger partial charge is 0.244 e. The maximum absolute atomic E-state index is 12.7. The SMILES string of the molecule is Cc1ccc(S(=O)(=O)N2[C@H](c3ccccc3C)[C@@H]2I)cc1. The minimum absolute atomic E-state index is 0.0185. The summed E-state index contributed by atoms with van der Waals surface area (Å²) in [6.45, 7) is 3.97. The molecule has 0 spiro atoms. The summed E-state index contributed by atoms with van der Waals surface area (Å²) < 4.78 is 27.0. The zero-order chi connectivity index (χ0) is 15.2. The van der Waals surface area contributed by atoms with Gasteiger partial charge in [-0.1, -0.05) is 64.6 Å². The van der Waals surface area contributed by atoms with Crippen molar-refractivity contribution < 1.29 is 8.42 Å². The molecule has 0 amide bonds. The molecular weight excluding hydrogens is 397 g/mol. The van der Waals surface area contributed by atoms with E-state index in [0.717, 1.165) is 16.7 Å². The number of nitrogens with zero attached hydrogens (tertiary/aromatic N) is 1. The third-order valence-electron chi connectivity index (χ3n) is 3.79. The van der Waals surface area contributed by atoms with Crippen molar-refractivity contribution in [3.05, 3.63) is 65.2 Å². The van der Waals surface area contributed by atoms with Crippen molar-refractivity contribution in [3.8, 4) is 0 Å². The predicted molar refractivity (Wildman–Crippen MR) is 91.9 cm³/mol. The first kappa shape index (κ1) is 15.0. The first-order valence-corrected chi connectivity index (χ1v) is 9.41. The second-order valence-corrected chi connectivity index (χ2v) is 8.44. The standard InChI is InChI=1S/C16H16INO2S/c1-11-7-9-13(10-8-11)21(19,20)18-15(16(18)17)14-6-4-3-5-12(14)2/h3-10,15-16H,1-2H3/t15-,16-,18?/m1/s1. The fraction of sp³-hybridized carbons (Fsp3) is 0.250. The smallest absolute Gasteiger partial charge is 0.207 e. The van der Waals surface area contributed by atoms with Gasteiger partial charge in [-0.25, -0.2) is 8.42 Å². The van der Waals surface area contributed by atoms with Gasteiger partial charge in [-0.2, -0.15) is 4.31 Å². The van der Waals surface area contributed by atoms with Gasteiger partial charge in [-0.3, -0.25) is 0 Å². The molecule has 3 rings (SSSR count). The van der Waals surface area contributed by atoms with Crippen LogP contribution in [0.3, 0.4) is 0 Å². The van der Waals surface area contributed by atoms with Crippen LogP contribution in [0.15, 0.2) is 53.4 Å². The van der Waals surface area contributed by atoms with Crippen LogP contribution in [0.5, 0.6) is 0 Å². The van der Waals surface area contributed by atoms with Crippen molar-refractivity contribution in [1.82, 2.24) is 4.31 Å². The molecule has 3 atom stereocenters. The molecule has 2 aromatic carbocycles. The van der Waals surface area contributed by atoms with Gasteiger partial charge in [0.2, 0.25) is 10.0 Å². The van der Waals surface area contributed by atoms with Crippen LogP contribution < -0.4 is 0 Å². The molecule has 1 aliphatic rings. The molecule has 1 fully saturated rings. The van der Waals surface area contributed by atoms with E-state index in [1.54, 1.807) is 16.4 Å². The molecule has 1 aliphatic heterocycles. The van der Waals surface area contributed by atoms with Gasteiger partial charge in [0.25, 0.3) is 0 Å². The first-order valence-electron chi connectivity index (χ1n) is 6.73. The van der Waals surface area contributed by atoms with Gasteiger partial charge in [0.1, 0.15) is 0 Å². The van der Waals surface area contributed by atoms with Crippen molar-refractivity contribution in [2.75, 3.05) is 0 Å². The molecule has 1 unspecified atom stereocenters. The number of hydrogen-bond donors (Lipinski definition) is 0. The Morgan fingerprint density at radius 2 is 1.62 bits per heavy atom. The molecule has 3 nitrogen and oxygen atoms in total. The highest BCUT2D eigenvalue weighted by atomic mass is 127. The Labute approximate surface area is 139 Å². The highest BCUT2D eigenvalue weighted by Gasteiger charge is 2.55. The summed E-state index contributed by atoms with van der Waals surface area (Å²) in [6.07, 6.45) is 0. The van der Waals surface area contributed by atoms with Crippen molar-refractivity contribution in [2.45, 2.75) is 28.8 Å². The molecule has 0 aliphatic carbocycles. The fourth-order valence-corrected chi connectivity index (χ4v) is 6.09. The van der Waals surface area contributed by atoms with Crippen LogP contribution in [0.2, 0.25) is 0 Å². The average Bonchev–Trinajstić information content (AvgIpc) is 3.12. The Morgan fingerprint density at radius 1 is 1.00 bits per heavy atom. The highest BCUT2D eigenvalue weighted by Crippen LogP contribution is 2.51. The first-order chi connectivity index (χ1) is 9.93. The Bertz CT molecular complexity index is 771. The molecule has 0 N–H and O–H groups in total. The van der Waals surface area contributed by atoms with E-state index in [1.807, 2.05) is 50.2 Å². The molecule has 1 saturated heterocycles. The minimum atomic E-state index is -3.42. The summed E-state index contributed by atoms with van der Waals surface area (Å²) >= 11 is 2.20. The van der Waals surface area contributed by atoms with E-state index in [2.05, 4.69) is 22.6 Å². The molecule has 21 heavy (non-hydrogen) atoms. The van der Waals surface area contributed by atoms with E-state index in [4.69, 9.17) is 0 Å². The summed E-state index contributed by atoms with van der Waals surface area (Å²) in [5.41, 5.74) is 3.28. The Kier molecular flexibility index (Phi) is 3.83. The molecular formula is C16H16INO2S. The van der Waals surface area contributed by atoms with Crippen LogP contribution in [0.1, 0.15) is 22.7 Å². The predicted octanol–water partition coefficient (Wildman–Crippen LogP) is 3.81. The monoisotopic (exact) mass is 413 g/mol. The van der Waals surface area contributed by atoms with Crippen LogP contribution in [0, 0.1) is 13.8 Å². The topological polar surface area (TPSA) is 37.1 Å². The number of aryl methyl sites for hydroxylation is 2. The lowest BCUT2D eigenvalue weighted by Gasteiger charge is -2.08. The molecule has 5 heteroatoms. The van der Waals surface area contributed by atoms with E-state index in [0.29, 0.717) is 4.90 Å². The summed E-state index contributed by atoms with van der Waals surface area (Å²) in [5.74, 6) is 0. The third kappa shape index (κ3) is 2.62. The molecule has 0 saturated carbocycles. The number of hydrogen-bond acceptors (Lipinski definition) is 2. The lowest BCUT2D eigenvalue weighted by atomic mass is 10.1. The lowest BCUT2D eigenvalue weighted by Crippen LogP contribution is -2.13. The number of halogens is 1. The highest BCUT2D eigenvalue weighted by molar-refractivity contribution is 14.1. The molecule has 0 aromatic heterocycles. The van der Waals surface area contributed by atoms with Crippen LogP contribution >= 0.6 is 22.6 Å². The lowest BCUT2D eigenvalue weighted by molar-refractivity contribution is 0.553. The number of sulfonamides is 1. The summed E-state index contributed by atoms with van der Waals surface area (Å²) in [6, 6.07) is 14.9. The van der Waals surface area contributed by atoms with Gasteiger partial charge in [-0.15, -0.1) is 0 Å². The van der Waals surface area contributed by atoms with E-state index in [1.165, 1.54) is 0 Å². The fourth-order valence-electron chi connectivity index (χ4n) is 2.50. The zero-order valence-corrected chi connectivity index (χ0v) is 14.8. The van der Waals surface area contributed by atoms with Crippen LogP contribution in [0.25, 0.3) is 0 Å². The summed E-state index contributed by atoms with van der Waals surface area (Å²) in [4.78, 5) is 0.367. The molecule has 0 radical (unpaired) electrons. The van der Waals surface area contributed by atoms with Gasteiger partial charge in [0.05, 0.1) is 15.0 Å². The van der Waals surface area contributed by atoms with Gasteiger partial charge in [0.15, 0.2) is 0 Å². The second-order valence-electron chi connectivity index (χ2n) is 5.32. The summed E-state index contributed by atoms with van der Waals surface area (Å²) in [5, 5.41) is 0. The second kappa shape index (κ2) is 5.37. The zero-order valence-electron chi connectivity index (χ0n) is 11.8. The number of rotatable bonds is 3. The van der Waals surface area contributed by atoms with Crippen LogP contribution in [-0.4, -0.2) is 16.8 Å². The van der Waals surface area contributed by atoms with Gasteiger partial charge >= 0.3 is 0 Å². The Hall–Kier alpha value is -0.920. The molecule has 2 aromatic rings. The number of alkyl halides is 1. The molecule has 110 valence electrons. The van der Waals surface area contributed by atoms with Crippen molar-refractivity contribution in [3.63, 3.8) is 0 Å². The van der Waals surface area contributed by atoms with E-state index in [9.17, 15) is 8.42 Å². The normalized spacial score (nSPS) is 24.8. The third-order valence-corrected chi connectivity index (χ3v) is 7.33. The number of benzene rings is 2.